The third-order valence-corrected chi connectivity index (χ3v) is 5.04. The molecule has 0 spiro atoms. The van der Waals surface area contributed by atoms with Crippen LogP contribution in [0.4, 0.5) is 26.3 Å². The predicted molar refractivity (Wildman–Crippen MR) is 114 cm³/mol. The Morgan fingerprint density at radius 3 is 1.97 bits per heavy atom. The number of hydrogen-bond acceptors (Lipinski definition) is 0. The minimum absolute atomic E-state index is 0.141. The van der Waals surface area contributed by atoms with Gasteiger partial charge in [0.15, 0.2) is 23.3 Å². The van der Waals surface area contributed by atoms with Crippen LogP contribution in [0.1, 0.15) is 29.5 Å². The van der Waals surface area contributed by atoms with Crippen LogP contribution in [0.3, 0.4) is 0 Å². The third kappa shape index (κ3) is 5.49. The minimum atomic E-state index is -1.50. The van der Waals surface area contributed by atoms with Gasteiger partial charge in [-0.05, 0) is 54.2 Å². The highest BCUT2D eigenvalue weighted by Gasteiger charge is 2.13. The molecular formula is C26H20F6. The van der Waals surface area contributed by atoms with E-state index in [2.05, 4.69) is 6.58 Å². The van der Waals surface area contributed by atoms with Crippen molar-refractivity contribution in [2.45, 2.75) is 25.7 Å². The van der Waals surface area contributed by atoms with Gasteiger partial charge in [0.1, 0.15) is 11.6 Å². The zero-order valence-electron chi connectivity index (χ0n) is 17.1. The van der Waals surface area contributed by atoms with Gasteiger partial charge in [-0.15, -0.1) is 6.58 Å². The van der Waals surface area contributed by atoms with Gasteiger partial charge in [-0.2, -0.15) is 0 Å². The Hall–Kier alpha value is -3.28. The normalized spacial score (nSPS) is 11.9. The molecule has 0 atom stereocenters. The molecule has 0 heterocycles. The van der Waals surface area contributed by atoms with Crippen LogP contribution in [-0.4, -0.2) is 0 Å². The molecule has 3 rings (SSSR count). The maximum Gasteiger partial charge on any atom is 0.194 e. The largest absolute Gasteiger partial charge is 0.209 e. The summed E-state index contributed by atoms with van der Waals surface area (Å²) in [6.07, 6.45) is 2.33. The first-order chi connectivity index (χ1) is 15.3. The Labute approximate surface area is 182 Å². The molecule has 0 aromatic heterocycles. The molecule has 0 radical (unpaired) electrons. The van der Waals surface area contributed by atoms with E-state index in [0.717, 1.165) is 23.8 Å². The Morgan fingerprint density at radius 1 is 0.750 bits per heavy atom. The van der Waals surface area contributed by atoms with Crippen LogP contribution in [0.5, 0.6) is 0 Å². The summed E-state index contributed by atoms with van der Waals surface area (Å²) in [5.74, 6) is -6.72. The molecule has 0 aliphatic carbocycles. The van der Waals surface area contributed by atoms with Crippen LogP contribution in [-0.2, 0) is 12.8 Å². The van der Waals surface area contributed by atoms with Gasteiger partial charge in [0, 0.05) is 17.5 Å². The summed E-state index contributed by atoms with van der Waals surface area (Å²) in [4.78, 5) is 0. The van der Waals surface area contributed by atoms with Crippen molar-refractivity contribution < 1.29 is 26.3 Å². The fourth-order valence-corrected chi connectivity index (χ4v) is 3.27. The summed E-state index contributed by atoms with van der Waals surface area (Å²) >= 11 is 0. The second kappa shape index (κ2) is 10.4. The van der Waals surface area contributed by atoms with Gasteiger partial charge in [0.2, 0.25) is 0 Å². The maximum atomic E-state index is 14.6. The van der Waals surface area contributed by atoms with Crippen molar-refractivity contribution >= 4 is 5.83 Å². The molecule has 0 saturated carbocycles. The molecule has 0 N–H and O–H groups in total. The van der Waals surface area contributed by atoms with Crippen molar-refractivity contribution in [2.75, 3.05) is 0 Å². The highest BCUT2D eigenvalue weighted by atomic mass is 19.2. The quantitative estimate of drug-likeness (QED) is 0.186. The van der Waals surface area contributed by atoms with Crippen LogP contribution in [0, 0.1) is 23.3 Å². The second-order valence-electron chi connectivity index (χ2n) is 7.31. The van der Waals surface area contributed by atoms with E-state index in [1.165, 1.54) is 18.2 Å². The molecule has 0 fully saturated rings. The number of aryl methyl sites for hydroxylation is 2. The van der Waals surface area contributed by atoms with E-state index in [1.54, 1.807) is 24.3 Å². The van der Waals surface area contributed by atoms with Crippen LogP contribution < -0.4 is 0 Å². The molecule has 0 nitrogen and oxygen atoms in total. The van der Waals surface area contributed by atoms with Crippen LogP contribution in [0.15, 0.2) is 73.1 Å². The lowest BCUT2D eigenvalue weighted by molar-refractivity contribution is 0.445. The molecule has 0 bridgehead atoms. The number of benzene rings is 3. The SMILES string of the molecule is C=CCCC(F)=C(F)c1ccc(-c2ccc(CCc3cc(F)c(F)c(F)c3)cc2)c(F)c1. The van der Waals surface area contributed by atoms with Gasteiger partial charge in [0.05, 0.1) is 0 Å². The van der Waals surface area contributed by atoms with E-state index in [4.69, 9.17) is 0 Å². The first kappa shape index (κ1) is 23.4. The van der Waals surface area contributed by atoms with Crippen molar-refractivity contribution in [3.8, 4) is 11.1 Å². The lowest BCUT2D eigenvalue weighted by atomic mass is 9.98. The number of halogens is 6. The van der Waals surface area contributed by atoms with Gasteiger partial charge >= 0.3 is 0 Å². The van der Waals surface area contributed by atoms with Gasteiger partial charge in [-0.3, -0.25) is 0 Å². The topological polar surface area (TPSA) is 0 Å². The van der Waals surface area contributed by atoms with E-state index in [1.807, 2.05) is 0 Å². The molecular weight excluding hydrogens is 426 g/mol. The lowest BCUT2D eigenvalue weighted by Gasteiger charge is -2.08. The van der Waals surface area contributed by atoms with E-state index in [-0.39, 0.29) is 24.0 Å². The van der Waals surface area contributed by atoms with Crippen LogP contribution in [0.25, 0.3) is 17.0 Å². The van der Waals surface area contributed by atoms with E-state index >= 15 is 0 Å². The van der Waals surface area contributed by atoms with Gasteiger partial charge < -0.3 is 0 Å². The Bertz CT molecular complexity index is 1120. The molecule has 0 saturated heterocycles. The van der Waals surface area contributed by atoms with Crippen molar-refractivity contribution in [2.24, 2.45) is 0 Å². The Kier molecular flexibility index (Phi) is 7.57. The molecule has 0 aliphatic heterocycles. The fourth-order valence-electron chi connectivity index (χ4n) is 3.27. The zero-order chi connectivity index (χ0) is 23.3. The molecule has 0 unspecified atom stereocenters. The summed E-state index contributed by atoms with van der Waals surface area (Å²) < 4.78 is 82.2. The monoisotopic (exact) mass is 446 g/mol. The second-order valence-corrected chi connectivity index (χ2v) is 7.31. The molecule has 3 aromatic rings. The average molecular weight is 446 g/mol. The number of rotatable bonds is 8. The standard InChI is InChI=1S/C26H20F6/c1-2-3-4-21(27)25(31)19-11-12-20(22(28)15-19)18-9-7-16(8-10-18)5-6-17-13-23(29)26(32)24(30)14-17/h2,7-15H,1,3-6H2. The molecule has 0 amide bonds. The van der Waals surface area contributed by atoms with E-state index in [9.17, 15) is 26.3 Å². The summed E-state index contributed by atoms with van der Waals surface area (Å²) in [6.45, 7) is 3.45. The molecule has 3 aromatic carbocycles. The third-order valence-electron chi connectivity index (χ3n) is 5.04. The number of allylic oxidation sites excluding steroid dienone is 2. The van der Waals surface area contributed by atoms with Crippen molar-refractivity contribution in [1.29, 1.82) is 0 Å². The Morgan fingerprint density at radius 2 is 1.38 bits per heavy atom. The summed E-state index contributed by atoms with van der Waals surface area (Å²) in [7, 11) is 0. The van der Waals surface area contributed by atoms with Crippen molar-refractivity contribution in [1.82, 2.24) is 0 Å². The molecule has 0 aliphatic rings. The van der Waals surface area contributed by atoms with E-state index in [0.29, 0.717) is 24.0 Å². The summed E-state index contributed by atoms with van der Waals surface area (Å²) in [5.41, 5.74) is 1.73. The van der Waals surface area contributed by atoms with Crippen molar-refractivity contribution in [3.05, 3.63) is 113 Å². The van der Waals surface area contributed by atoms with Crippen LogP contribution in [0.2, 0.25) is 0 Å². The smallest absolute Gasteiger partial charge is 0.194 e. The first-order valence-corrected chi connectivity index (χ1v) is 9.98. The van der Waals surface area contributed by atoms with E-state index < -0.39 is 34.9 Å². The summed E-state index contributed by atoms with van der Waals surface area (Å²) in [6, 6.07) is 12.3. The predicted octanol–water partition coefficient (Wildman–Crippen LogP) is 8.27. The van der Waals surface area contributed by atoms with Crippen LogP contribution >= 0.6 is 0 Å². The fraction of sp³-hybridized carbons (Fsp3) is 0.154. The van der Waals surface area contributed by atoms with Gasteiger partial charge in [-0.1, -0.05) is 42.5 Å². The highest BCUT2D eigenvalue weighted by molar-refractivity contribution is 5.69. The average Bonchev–Trinajstić information content (AvgIpc) is 2.79. The van der Waals surface area contributed by atoms with Gasteiger partial charge in [-0.25, -0.2) is 26.3 Å². The Balaban J connectivity index is 1.72. The zero-order valence-corrected chi connectivity index (χ0v) is 17.1. The summed E-state index contributed by atoms with van der Waals surface area (Å²) in [5, 5.41) is 0. The highest BCUT2D eigenvalue weighted by Crippen LogP contribution is 2.30. The van der Waals surface area contributed by atoms with Crippen molar-refractivity contribution in [3.63, 3.8) is 0 Å². The minimum Gasteiger partial charge on any atom is -0.209 e. The molecule has 6 heteroatoms. The molecule has 32 heavy (non-hydrogen) atoms. The maximum absolute atomic E-state index is 14.6. The molecule has 166 valence electrons. The van der Waals surface area contributed by atoms with Gasteiger partial charge in [0.25, 0.3) is 0 Å². The lowest BCUT2D eigenvalue weighted by Crippen LogP contribution is -1.97. The first-order valence-electron chi connectivity index (χ1n) is 9.98. The number of hydrogen-bond donors (Lipinski definition) is 0.